The molecule has 0 aliphatic heterocycles. The molecule has 0 bridgehead atoms. The summed E-state index contributed by atoms with van der Waals surface area (Å²) >= 11 is 0. The van der Waals surface area contributed by atoms with Crippen molar-refractivity contribution in [3.63, 3.8) is 0 Å². The molecule has 0 aromatic heterocycles. The van der Waals surface area contributed by atoms with E-state index in [0.29, 0.717) is 0 Å². The number of aryl methyl sites for hydroxylation is 4. The Morgan fingerprint density at radius 3 is 1.45 bits per heavy atom. The maximum atomic E-state index is 5.19. The predicted molar refractivity (Wildman–Crippen MR) is 85.9 cm³/mol. The molecule has 0 aliphatic carbocycles. The minimum absolute atomic E-state index is 0. The van der Waals surface area contributed by atoms with Crippen molar-refractivity contribution < 1.29 is 70.2 Å². The van der Waals surface area contributed by atoms with Gasteiger partial charge in [-0.05, 0) is 73.2 Å². The Morgan fingerprint density at radius 1 is 0.773 bits per heavy atom. The summed E-state index contributed by atoms with van der Waals surface area (Å²) in [6, 6.07) is 8.80. The second-order valence-electron chi connectivity index (χ2n) is 5.42. The molecule has 2 aromatic rings. The van der Waals surface area contributed by atoms with Gasteiger partial charge in [0.15, 0.2) is 0 Å². The molecule has 0 N–H and O–H groups in total. The van der Waals surface area contributed by atoms with Crippen LogP contribution >= 0.6 is 0 Å². The second kappa shape index (κ2) is 9.67. The van der Waals surface area contributed by atoms with E-state index in [1.807, 2.05) is 0 Å². The van der Waals surface area contributed by atoms with Gasteiger partial charge in [-0.25, -0.2) is 0 Å². The Balaban J connectivity index is 0.00000220. The summed E-state index contributed by atoms with van der Waals surface area (Å²) in [6.07, 6.45) is 0.838. The minimum Gasteiger partial charge on any atom is -0.665 e. The van der Waals surface area contributed by atoms with E-state index in [0.717, 1.165) is 23.3 Å². The van der Waals surface area contributed by atoms with Crippen LogP contribution in [0.1, 0.15) is 27.8 Å². The molecule has 112 valence electrons. The molecule has 0 amide bonds. The molecule has 22 heavy (non-hydrogen) atoms. The van der Waals surface area contributed by atoms with Gasteiger partial charge < -0.3 is 11.7 Å². The zero-order valence-corrected chi connectivity index (χ0v) is 19.7. The molecule has 0 unspecified atom stereocenters. The molecule has 2 aromatic carbocycles. The normalized spacial score (nSPS) is 9.73. The molecular formula is C19H22OY2-2. The quantitative estimate of drug-likeness (QED) is 0.597. The Labute approximate surface area is 185 Å². The van der Waals surface area contributed by atoms with Crippen LogP contribution in [-0.2, 0) is 71.8 Å². The van der Waals surface area contributed by atoms with Crippen LogP contribution in [0.25, 0.3) is 11.1 Å². The van der Waals surface area contributed by atoms with Crippen LogP contribution in [0.5, 0.6) is 5.75 Å². The van der Waals surface area contributed by atoms with Gasteiger partial charge in [-0.1, -0.05) is 17.7 Å². The van der Waals surface area contributed by atoms with Gasteiger partial charge in [-0.3, -0.25) is 0 Å². The molecule has 2 rings (SSSR count). The van der Waals surface area contributed by atoms with E-state index in [1.54, 1.807) is 0 Å². The van der Waals surface area contributed by atoms with E-state index in [1.165, 1.54) is 27.8 Å². The van der Waals surface area contributed by atoms with Gasteiger partial charge >= 0.3 is 0 Å². The third-order valence-corrected chi connectivity index (χ3v) is 3.88. The number of benzene rings is 2. The largest absolute Gasteiger partial charge is 0.665 e. The van der Waals surface area contributed by atoms with Crippen molar-refractivity contribution >= 4 is 0 Å². The minimum atomic E-state index is 0. The fraction of sp³-hybridized carbons (Fsp3) is 0.263. The summed E-state index contributed by atoms with van der Waals surface area (Å²) in [5.41, 5.74) is 8.67. The van der Waals surface area contributed by atoms with Gasteiger partial charge in [0.1, 0.15) is 0 Å². The van der Waals surface area contributed by atoms with E-state index < -0.39 is 0 Å². The average molecular weight is 444 g/mol. The van der Waals surface area contributed by atoms with E-state index in [9.17, 15) is 0 Å². The summed E-state index contributed by atoms with van der Waals surface area (Å²) in [5.74, 6) is 0.872. The SMILES string of the molecule is [CH2-]Cc1c(C)cc(-c2cc(C)c(O[CH2-])c(C)c2)cc1C.[Y].[Y]. The van der Waals surface area contributed by atoms with Gasteiger partial charge in [0.25, 0.3) is 0 Å². The molecule has 0 fully saturated rings. The zero-order valence-electron chi connectivity index (χ0n) is 14.0. The zero-order chi connectivity index (χ0) is 14.9. The maximum Gasteiger partial charge on any atom is 0.0903 e. The predicted octanol–water partition coefficient (Wildman–Crippen LogP) is 5.13. The van der Waals surface area contributed by atoms with Crippen LogP contribution in [0.3, 0.4) is 0 Å². The standard InChI is InChI=1S/C19H22O.2Y/c1-7-18-12(2)8-16(9-13(18)3)17-10-14(4)19(20-6)15(5)11-17;;/h8-11H,1,6-7H2,2-5H3;;/q-2;;. The monoisotopic (exact) mass is 444 g/mol. The summed E-state index contributed by atoms with van der Waals surface area (Å²) in [5, 5.41) is 0. The third-order valence-electron chi connectivity index (χ3n) is 3.88. The molecule has 3 heteroatoms. The Bertz CT molecular complexity index is 544. The summed E-state index contributed by atoms with van der Waals surface area (Å²) in [6.45, 7) is 12.4. The molecule has 0 atom stereocenters. The topological polar surface area (TPSA) is 9.23 Å². The first-order chi connectivity index (χ1) is 9.47. The smallest absolute Gasteiger partial charge is 0.0903 e. The third kappa shape index (κ3) is 4.73. The molecular weight excluding hydrogens is 422 g/mol. The maximum absolute atomic E-state index is 5.19. The number of hydrogen-bond acceptors (Lipinski definition) is 1. The van der Waals surface area contributed by atoms with Crippen molar-refractivity contribution in [3.8, 4) is 16.9 Å². The van der Waals surface area contributed by atoms with Gasteiger partial charge in [0, 0.05) is 65.4 Å². The average Bonchev–Trinajstić information content (AvgIpc) is 2.37. The molecule has 1 nitrogen and oxygen atoms in total. The molecule has 0 saturated carbocycles. The van der Waals surface area contributed by atoms with Crippen molar-refractivity contribution in [2.45, 2.75) is 34.1 Å². The van der Waals surface area contributed by atoms with Gasteiger partial charge in [-0.2, -0.15) is 13.5 Å². The summed E-state index contributed by atoms with van der Waals surface area (Å²) < 4.78 is 5.19. The van der Waals surface area contributed by atoms with Crippen LogP contribution in [0.4, 0.5) is 0 Å². The molecule has 0 saturated heterocycles. The fourth-order valence-electron chi connectivity index (χ4n) is 2.90. The molecule has 2 radical (unpaired) electrons. The van der Waals surface area contributed by atoms with Crippen LogP contribution in [0.2, 0.25) is 0 Å². The van der Waals surface area contributed by atoms with Crippen LogP contribution in [0.15, 0.2) is 24.3 Å². The van der Waals surface area contributed by atoms with Crippen molar-refractivity contribution in [2.75, 3.05) is 0 Å². The van der Waals surface area contributed by atoms with Crippen molar-refractivity contribution in [2.24, 2.45) is 0 Å². The van der Waals surface area contributed by atoms with Gasteiger partial charge in [0.2, 0.25) is 0 Å². The Hall–Kier alpha value is 0.448. The summed E-state index contributed by atoms with van der Waals surface area (Å²) in [4.78, 5) is 0. The van der Waals surface area contributed by atoms with Crippen LogP contribution in [0, 0.1) is 41.7 Å². The van der Waals surface area contributed by atoms with Crippen LogP contribution in [-0.4, -0.2) is 0 Å². The molecule has 0 spiro atoms. The van der Waals surface area contributed by atoms with Crippen molar-refractivity contribution in [1.29, 1.82) is 0 Å². The van der Waals surface area contributed by atoms with Crippen molar-refractivity contribution in [3.05, 3.63) is 66.1 Å². The first kappa shape index (κ1) is 22.4. The van der Waals surface area contributed by atoms with Gasteiger partial charge in [-0.15, -0.1) is 0 Å². The van der Waals surface area contributed by atoms with E-state index in [2.05, 4.69) is 66.0 Å². The van der Waals surface area contributed by atoms with E-state index in [4.69, 9.17) is 4.74 Å². The Morgan fingerprint density at radius 2 is 1.14 bits per heavy atom. The number of hydrogen-bond donors (Lipinski definition) is 0. The Kier molecular flexibility index (Phi) is 9.87. The molecule has 0 heterocycles. The van der Waals surface area contributed by atoms with Crippen molar-refractivity contribution in [1.82, 2.24) is 0 Å². The first-order valence-electron chi connectivity index (χ1n) is 6.91. The fourth-order valence-corrected chi connectivity index (χ4v) is 2.90. The second-order valence-corrected chi connectivity index (χ2v) is 5.42. The van der Waals surface area contributed by atoms with Crippen LogP contribution < -0.4 is 4.74 Å². The summed E-state index contributed by atoms with van der Waals surface area (Å²) in [7, 11) is 3.52. The van der Waals surface area contributed by atoms with E-state index in [-0.39, 0.29) is 65.4 Å². The molecule has 0 aliphatic rings. The number of ether oxygens (including phenoxy) is 1. The number of rotatable bonds is 3. The van der Waals surface area contributed by atoms with E-state index >= 15 is 0 Å². The van der Waals surface area contributed by atoms with Gasteiger partial charge in [0.05, 0.1) is 5.75 Å². The first-order valence-corrected chi connectivity index (χ1v) is 6.91.